The largest absolute Gasteiger partial charge is 0.315 e. The number of halogens is 1. The quantitative estimate of drug-likeness (QED) is 0.548. The third-order valence-corrected chi connectivity index (χ3v) is 2.91. The summed E-state index contributed by atoms with van der Waals surface area (Å²) in [4.78, 5) is 2.20. The molecule has 0 heterocycles. The van der Waals surface area contributed by atoms with Gasteiger partial charge in [-0.25, -0.2) is 0 Å². The normalized spacial score (nSPS) is 12.5. The summed E-state index contributed by atoms with van der Waals surface area (Å²) in [6.45, 7) is 5.55. The Kier molecular flexibility index (Phi) is 10.2. The van der Waals surface area contributed by atoms with Gasteiger partial charge < -0.3 is 10.2 Å². The summed E-state index contributed by atoms with van der Waals surface area (Å²) in [5.74, 6) is 0. The van der Waals surface area contributed by atoms with Crippen LogP contribution in [0.5, 0.6) is 0 Å². The molecule has 0 aromatic rings. The molecule has 0 aliphatic heterocycles. The predicted octanol–water partition coefficient (Wildman–Crippen LogP) is 2.65. The van der Waals surface area contributed by atoms with Gasteiger partial charge in [0, 0.05) is 13.1 Å². The standard InChI is InChI=1S/C11H23IN2/c1-4-6-11(12)7-5-8-13-9-10-14(2)3/h6,13H,4-5,7-10H2,1-3H3/b11-6-. The molecule has 0 aliphatic carbocycles. The lowest BCUT2D eigenvalue weighted by Gasteiger charge is -2.09. The lowest BCUT2D eigenvalue weighted by molar-refractivity contribution is 0.400. The lowest BCUT2D eigenvalue weighted by atomic mass is 10.2. The van der Waals surface area contributed by atoms with Gasteiger partial charge in [0.25, 0.3) is 0 Å². The third kappa shape index (κ3) is 10.5. The van der Waals surface area contributed by atoms with Crippen LogP contribution in [0.4, 0.5) is 0 Å². The van der Waals surface area contributed by atoms with E-state index < -0.39 is 0 Å². The van der Waals surface area contributed by atoms with Crippen LogP contribution in [-0.4, -0.2) is 38.6 Å². The molecule has 3 heteroatoms. The monoisotopic (exact) mass is 310 g/mol. The van der Waals surface area contributed by atoms with Crippen molar-refractivity contribution in [1.82, 2.24) is 10.2 Å². The first-order valence-corrected chi connectivity index (χ1v) is 6.44. The highest BCUT2D eigenvalue weighted by Gasteiger charge is 1.92. The van der Waals surface area contributed by atoms with Gasteiger partial charge in [-0.2, -0.15) is 0 Å². The summed E-state index contributed by atoms with van der Waals surface area (Å²) in [6, 6.07) is 0. The van der Waals surface area contributed by atoms with Crippen molar-refractivity contribution in [2.45, 2.75) is 26.2 Å². The first-order chi connectivity index (χ1) is 6.66. The molecule has 0 aliphatic rings. The molecule has 0 rings (SSSR count). The van der Waals surface area contributed by atoms with Crippen molar-refractivity contribution in [3.8, 4) is 0 Å². The number of likely N-dealkylation sites (N-methyl/N-ethyl adjacent to an activating group) is 1. The van der Waals surface area contributed by atoms with Crippen LogP contribution in [0.15, 0.2) is 9.66 Å². The second-order valence-electron chi connectivity index (χ2n) is 3.72. The van der Waals surface area contributed by atoms with Crippen LogP contribution in [0.1, 0.15) is 26.2 Å². The zero-order chi connectivity index (χ0) is 10.8. The topological polar surface area (TPSA) is 15.3 Å². The highest BCUT2D eigenvalue weighted by atomic mass is 127. The fourth-order valence-corrected chi connectivity index (χ4v) is 1.96. The van der Waals surface area contributed by atoms with Crippen molar-refractivity contribution in [1.29, 1.82) is 0 Å². The van der Waals surface area contributed by atoms with E-state index in [1.54, 1.807) is 0 Å². The highest BCUT2D eigenvalue weighted by molar-refractivity contribution is 14.1. The number of hydrogen-bond acceptors (Lipinski definition) is 2. The molecule has 0 bridgehead atoms. The van der Waals surface area contributed by atoms with Crippen molar-refractivity contribution in [3.05, 3.63) is 9.66 Å². The Balaban J connectivity index is 3.17. The molecule has 0 amide bonds. The van der Waals surface area contributed by atoms with E-state index in [2.05, 4.69) is 59.9 Å². The molecular weight excluding hydrogens is 287 g/mol. The Bertz CT molecular complexity index is 155. The molecule has 2 nitrogen and oxygen atoms in total. The van der Waals surface area contributed by atoms with Crippen LogP contribution < -0.4 is 5.32 Å². The van der Waals surface area contributed by atoms with Gasteiger partial charge in [-0.15, -0.1) is 0 Å². The smallest absolute Gasteiger partial charge is 0.0101 e. The van der Waals surface area contributed by atoms with Crippen molar-refractivity contribution in [2.24, 2.45) is 0 Å². The Morgan fingerprint density at radius 1 is 1.36 bits per heavy atom. The Morgan fingerprint density at radius 3 is 2.64 bits per heavy atom. The Hall–Kier alpha value is 0.390. The van der Waals surface area contributed by atoms with Gasteiger partial charge in [0.2, 0.25) is 0 Å². The zero-order valence-electron chi connectivity index (χ0n) is 9.65. The molecule has 14 heavy (non-hydrogen) atoms. The number of nitrogens with zero attached hydrogens (tertiary/aromatic N) is 1. The molecule has 0 radical (unpaired) electrons. The van der Waals surface area contributed by atoms with Crippen LogP contribution >= 0.6 is 22.6 Å². The Morgan fingerprint density at radius 2 is 2.07 bits per heavy atom. The van der Waals surface area contributed by atoms with E-state index in [4.69, 9.17) is 0 Å². The number of nitrogens with one attached hydrogen (secondary N) is 1. The maximum Gasteiger partial charge on any atom is 0.0101 e. The maximum absolute atomic E-state index is 3.44. The molecule has 0 aromatic heterocycles. The fraction of sp³-hybridized carbons (Fsp3) is 0.818. The summed E-state index contributed by atoms with van der Waals surface area (Å²) in [5, 5.41) is 3.44. The van der Waals surface area contributed by atoms with Gasteiger partial charge in [0.15, 0.2) is 0 Å². The highest BCUT2D eigenvalue weighted by Crippen LogP contribution is 2.13. The lowest BCUT2D eigenvalue weighted by Crippen LogP contribution is -2.27. The van der Waals surface area contributed by atoms with Crippen molar-refractivity contribution < 1.29 is 0 Å². The zero-order valence-corrected chi connectivity index (χ0v) is 11.8. The van der Waals surface area contributed by atoms with E-state index in [1.807, 2.05) is 0 Å². The van der Waals surface area contributed by atoms with Crippen LogP contribution in [0.2, 0.25) is 0 Å². The average molecular weight is 310 g/mol. The molecule has 1 N–H and O–H groups in total. The number of hydrogen-bond donors (Lipinski definition) is 1. The minimum absolute atomic E-state index is 1.10. The van der Waals surface area contributed by atoms with Gasteiger partial charge in [0.1, 0.15) is 0 Å². The van der Waals surface area contributed by atoms with Gasteiger partial charge in [-0.1, -0.05) is 13.0 Å². The Labute approximate surface area is 102 Å². The van der Waals surface area contributed by atoms with Gasteiger partial charge in [-0.05, 0) is 66.1 Å². The van der Waals surface area contributed by atoms with Crippen LogP contribution in [0.3, 0.4) is 0 Å². The summed E-state index contributed by atoms with van der Waals surface area (Å²) >= 11 is 2.44. The minimum Gasteiger partial charge on any atom is -0.315 e. The third-order valence-electron chi connectivity index (χ3n) is 1.93. The molecule has 0 fully saturated rings. The number of allylic oxidation sites excluding steroid dienone is 2. The SMILES string of the molecule is CC/C=C(\I)CCCNCCN(C)C. The molecular formula is C11H23IN2. The van der Waals surface area contributed by atoms with Crippen LogP contribution in [-0.2, 0) is 0 Å². The molecule has 0 spiro atoms. The van der Waals surface area contributed by atoms with Gasteiger partial charge in [0.05, 0.1) is 0 Å². The summed E-state index contributed by atoms with van der Waals surface area (Å²) in [6.07, 6.45) is 5.94. The molecule has 0 saturated carbocycles. The maximum atomic E-state index is 3.44. The van der Waals surface area contributed by atoms with Crippen molar-refractivity contribution in [3.63, 3.8) is 0 Å². The molecule has 0 saturated heterocycles. The van der Waals surface area contributed by atoms with E-state index in [-0.39, 0.29) is 0 Å². The van der Waals surface area contributed by atoms with E-state index in [1.165, 1.54) is 16.4 Å². The van der Waals surface area contributed by atoms with Gasteiger partial charge in [-0.3, -0.25) is 0 Å². The second-order valence-corrected chi connectivity index (χ2v) is 5.10. The molecule has 0 aromatic carbocycles. The molecule has 0 atom stereocenters. The van der Waals surface area contributed by atoms with Gasteiger partial charge >= 0.3 is 0 Å². The van der Waals surface area contributed by atoms with Crippen LogP contribution in [0.25, 0.3) is 0 Å². The summed E-state index contributed by atoms with van der Waals surface area (Å²) in [7, 11) is 4.21. The van der Waals surface area contributed by atoms with Crippen molar-refractivity contribution >= 4 is 22.6 Å². The van der Waals surface area contributed by atoms with E-state index in [9.17, 15) is 0 Å². The first-order valence-electron chi connectivity index (χ1n) is 5.36. The summed E-state index contributed by atoms with van der Waals surface area (Å²) in [5.41, 5.74) is 0. The van der Waals surface area contributed by atoms with Crippen molar-refractivity contribution in [2.75, 3.05) is 33.7 Å². The van der Waals surface area contributed by atoms with Crippen LogP contribution in [0, 0.1) is 0 Å². The molecule has 0 unspecified atom stereocenters. The predicted molar refractivity (Wildman–Crippen MR) is 73.1 cm³/mol. The number of rotatable bonds is 8. The first kappa shape index (κ1) is 14.4. The van der Waals surface area contributed by atoms with E-state index in [0.717, 1.165) is 26.1 Å². The summed E-state index contributed by atoms with van der Waals surface area (Å²) < 4.78 is 1.50. The second kappa shape index (κ2) is 9.93. The minimum atomic E-state index is 1.10. The fourth-order valence-electron chi connectivity index (χ4n) is 1.13. The molecule has 84 valence electrons. The van der Waals surface area contributed by atoms with E-state index in [0.29, 0.717) is 0 Å². The average Bonchev–Trinajstić information content (AvgIpc) is 2.11. The van der Waals surface area contributed by atoms with E-state index >= 15 is 0 Å².